The van der Waals surface area contributed by atoms with Gasteiger partial charge in [0.1, 0.15) is 5.56 Å². The largest absolute Gasteiger partial charge is 0.493 e. The van der Waals surface area contributed by atoms with Crippen molar-refractivity contribution in [2.45, 2.75) is 46.1 Å². The second-order valence-corrected chi connectivity index (χ2v) is 7.23. The number of esters is 1. The third-order valence-corrected chi connectivity index (χ3v) is 5.39. The first-order valence-electron chi connectivity index (χ1n) is 9.74. The molecule has 0 saturated heterocycles. The molecule has 1 amide bonds. The van der Waals surface area contributed by atoms with Crippen molar-refractivity contribution < 1.29 is 28.7 Å². The third kappa shape index (κ3) is 5.58. The summed E-state index contributed by atoms with van der Waals surface area (Å²) in [5.74, 6) is -0.239. The highest BCUT2D eigenvalue weighted by molar-refractivity contribution is 5.96. The molecule has 3 atom stereocenters. The van der Waals surface area contributed by atoms with Gasteiger partial charge in [0.05, 0.1) is 24.7 Å². The first-order chi connectivity index (χ1) is 13.8. The van der Waals surface area contributed by atoms with Crippen LogP contribution in [0.4, 0.5) is 5.69 Å². The molecule has 160 valence electrons. The van der Waals surface area contributed by atoms with Crippen LogP contribution in [0.3, 0.4) is 0 Å². The number of rotatable bonds is 8. The molecule has 0 spiro atoms. The van der Waals surface area contributed by atoms with Crippen LogP contribution in [0.1, 0.15) is 50.4 Å². The molecule has 0 radical (unpaired) electrons. The molecule has 1 aromatic carbocycles. The quantitative estimate of drug-likeness (QED) is 0.399. The zero-order valence-corrected chi connectivity index (χ0v) is 17.2. The van der Waals surface area contributed by atoms with Gasteiger partial charge in [0, 0.05) is 12.1 Å². The Bertz CT molecular complexity index is 765. The summed E-state index contributed by atoms with van der Waals surface area (Å²) >= 11 is 0. The second-order valence-electron chi connectivity index (χ2n) is 7.23. The number of hydrogen-bond donors (Lipinski definition) is 1. The van der Waals surface area contributed by atoms with Crippen LogP contribution in [-0.4, -0.2) is 43.2 Å². The zero-order chi connectivity index (χ0) is 21.6. The molecule has 0 aromatic heterocycles. The van der Waals surface area contributed by atoms with E-state index in [-0.39, 0.29) is 29.7 Å². The Morgan fingerprint density at radius 1 is 1.24 bits per heavy atom. The normalized spacial score (nSPS) is 21.2. The van der Waals surface area contributed by atoms with Crippen molar-refractivity contribution in [1.82, 2.24) is 5.32 Å². The molecular weight excluding hydrogens is 380 g/mol. The van der Waals surface area contributed by atoms with Gasteiger partial charge in [0.25, 0.3) is 11.6 Å². The molecule has 0 heterocycles. The van der Waals surface area contributed by atoms with E-state index in [1.165, 1.54) is 13.2 Å². The van der Waals surface area contributed by atoms with Gasteiger partial charge in [-0.2, -0.15) is 0 Å². The third-order valence-electron chi connectivity index (χ3n) is 5.39. The Balaban J connectivity index is 2.08. The summed E-state index contributed by atoms with van der Waals surface area (Å²) in [5, 5.41) is 14.3. The molecular formula is C20H28N2O7. The van der Waals surface area contributed by atoms with Gasteiger partial charge >= 0.3 is 5.97 Å². The Morgan fingerprint density at radius 2 is 1.97 bits per heavy atom. The lowest BCUT2D eigenvalue weighted by atomic mass is 9.78. The van der Waals surface area contributed by atoms with Crippen LogP contribution in [0.15, 0.2) is 12.1 Å². The molecule has 1 aromatic rings. The predicted octanol–water partition coefficient (Wildman–Crippen LogP) is 3.10. The number of methoxy groups -OCH3 is 1. The van der Waals surface area contributed by atoms with E-state index in [4.69, 9.17) is 14.2 Å². The topological polar surface area (TPSA) is 117 Å². The maximum absolute atomic E-state index is 12.4. The van der Waals surface area contributed by atoms with Crippen molar-refractivity contribution in [1.29, 1.82) is 0 Å². The molecule has 1 fully saturated rings. The molecule has 9 heteroatoms. The van der Waals surface area contributed by atoms with Crippen molar-refractivity contribution >= 4 is 17.6 Å². The van der Waals surface area contributed by atoms with Crippen LogP contribution in [0, 0.1) is 22.0 Å². The number of carbonyl (C=O) groups excluding carboxylic acids is 2. The summed E-state index contributed by atoms with van der Waals surface area (Å²) < 4.78 is 15.5. The van der Waals surface area contributed by atoms with Gasteiger partial charge in [0.2, 0.25) is 0 Å². The predicted molar refractivity (Wildman–Crippen MR) is 105 cm³/mol. The molecule has 1 aliphatic rings. The van der Waals surface area contributed by atoms with Gasteiger partial charge in [-0.05, 0) is 25.2 Å². The molecule has 1 saturated carbocycles. The monoisotopic (exact) mass is 408 g/mol. The fourth-order valence-electron chi connectivity index (χ4n) is 3.53. The average Bonchev–Trinajstić information content (AvgIpc) is 2.69. The van der Waals surface area contributed by atoms with Crippen LogP contribution in [-0.2, 0) is 9.53 Å². The Labute approximate surface area is 169 Å². The van der Waals surface area contributed by atoms with Crippen molar-refractivity contribution in [3.63, 3.8) is 0 Å². The number of ether oxygens (including phenoxy) is 3. The molecule has 2 rings (SSSR count). The summed E-state index contributed by atoms with van der Waals surface area (Å²) in [6.07, 6.45) is 3.05. The highest BCUT2D eigenvalue weighted by Gasteiger charge is 2.29. The van der Waals surface area contributed by atoms with Crippen LogP contribution in [0.25, 0.3) is 0 Å². The first-order valence-corrected chi connectivity index (χ1v) is 9.74. The molecule has 1 aliphatic carbocycles. The van der Waals surface area contributed by atoms with E-state index in [9.17, 15) is 19.7 Å². The first kappa shape index (κ1) is 22.4. The minimum absolute atomic E-state index is 0.0323. The second kappa shape index (κ2) is 10.1. The summed E-state index contributed by atoms with van der Waals surface area (Å²) in [6.45, 7) is 5.75. The van der Waals surface area contributed by atoms with Crippen molar-refractivity contribution in [2.75, 3.05) is 20.3 Å². The maximum Gasteiger partial charge on any atom is 0.345 e. The summed E-state index contributed by atoms with van der Waals surface area (Å²) in [7, 11) is 1.34. The number of benzene rings is 1. The van der Waals surface area contributed by atoms with E-state index in [2.05, 4.69) is 19.2 Å². The van der Waals surface area contributed by atoms with E-state index in [0.29, 0.717) is 11.8 Å². The molecule has 29 heavy (non-hydrogen) atoms. The fraction of sp³-hybridized carbons (Fsp3) is 0.600. The van der Waals surface area contributed by atoms with Gasteiger partial charge < -0.3 is 19.5 Å². The lowest BCUT2D eigenvalue weighted by Gasteiger charge is -2.34. The van der Waals surface area contributed by atoms with Gasteiger partial charge in [-0.25, -0.2) is 4.79 Å². The number of hydrogen-bond acceptors (Lipinski definition) is 7. The Hall–Kier alpha value is -2.84. The highest BCUT2D eigenvalue weighted by atomic mass is 16.6. The zero-order valence-electron chi connectivity index (χ0n) is 17.2. The molecule has 1 N–H and O–H groups in total. The van der Waals surface area contributed by atoms with Gasteiger partial charge in [-0.1, -0.05) is 26.7 Å². The SMILES string of the molecule is CCOc1cc(C(=O)OCC(=O)N[C@H]2CCC[C@@H](C)[C@@H]2C)c([N+](=O)[O-])cc1OC. The standard InChI is InChI=1S/C20H28N2O7/c1-5-28-18-9-14(16(22(25)26)10-17(18)27-4)20(24)29-11-19(23)21-15-8-6-7-12(2)13(15)3/h9-10,12-13,15H,5-8,11H2,1-4H3,(H,21,23)/t12-,13+,15+/m1/s1. The lowest BCUT2D eigenvalue weighted by molar-refractivity contribution is -0.385. The Kier molecular flexibility index (Phi) is 7.81. The number of nitro groups is 1. The van der Waals surface area contributed by atoms with E-state index in [1.54, 1.807) is 6.92 Å². The maximum atomic E-state index is 12.4. The number of nitrogens with zero attached hydrogens (tertiary/aromatic N) is 1. The molecule has 9 nitrogen and oxygen atoms in total. The number of nitro benzene ring substituents is 1. The molecule has 0 unspecified atom stereocenters. The number of amides is 1. The van der Waals surface area contributed by atoms with E-state index >= 15 is 0 Å². The van der Waals surface area contributed by atoms with Crippen LogP contribution < -0.4 is 14.8 Å². The van der Waals surface area contributed by atoms with E-state index in [1.807, 2.05) is 0 Å². The van der Waals surface area contributed by atoms with Crippen molar-refractivity contribution in [2.24, 2.45) is 11.8 Å². The Morgan fingerprint density at radius 3 is 2.59 bits per heavy atom. The van der Waals surface area contributed by atoms with Gasteiger partial charge in [-0.3, -0.25) is 14.9 Å². The summed E-state index contributed by atoms with van der Waals surface area (Å²) in [6, 6.07) is 2.34. The number of nitrogens with one attached hydrogen (secondary N) is 1. The minimum Gasteiger partial charge on any atom is -0.493 e. The van der Waals surface area contributed by atoms with Gasteiger partial charge in [0.15, 0.2) is 18.1 Å². The summed E-state index contributed by atoms with van der Waals surface area (Å²) in [5.41, 5.74) is -0.780. The van der Waals surface area contributed by atoms with Crippen molar-refractivity contribution in [3.8, 4) is 11.5 Å². The smallest absolute Gasteiger partial charge is 0.345 e. The molecule has 0 bridgehead atoms. The van der Waals surface area contributed by atoms with Crippen LogP contribution >= 0.6 is 0 Å². The average molecular weight is 408 g/mol. The van der Waals surface area contributed by atoms with E-state index in [0.717, 1.165) is 25.3 Å². The van der Waals surface area contributed by atoms with Crippen LogP contribution in [0.5, 0.6) is 11.5 Å². The summed E-state index contributed by atoms with van der Waals surface area (Å²) in [4.78, 5) is 35.3. The highest BCUT2D eigenvalue weighted by Crippen LogP contribution is 2.35. The minimum atomic E-state index is -0.972. The van der Waals surface area contributed by atoms with Crippen LogP contribution in [0.2, 0.25) is 0 Å². The van der Waals surface area contributed by atoms with Gasteiger partial charge in [-0.15, -0.1) is 0 Å². The fourth-order valence-corrected chi connectivity index (χ4v) is 3.53. The number of carbonyl (C=O) groups is 2. The van der Waals surface area contributed by atoms with Crippen molar-refractivity contribution in [3.05, 3.63) is 27.8 Å². The molecule has 0 aliphatic heterocycles. The lowest BCUT2D eigenvalue weighted by Crippen LogP contribution is -2.45. The van der Waals surface area contributed by atoms with E-state index < -0.39 is 29.1 Å².